The molecule has 0 saturated heterocycles. The summed E-state index contributed by atoms with van der Waals surface area (Å²) in [7, 11) is 2.03. The lowest BCUT2D eigenvalue weighted by Gasteiger charge is -2.38. The molecule has 2 aromatic carbocycles. The molecular formula is C20H20ClFN2O2. The number of halogens is 2. The maximum absolute atomic E-state index is 13.4. The molecule has 0 saturated carbocycles. The highest BCUT2D eigenvalue weighted by atomic mass is 35.5. The van der Waals surface area contributed by atoms with E-state index in [9.17, 15) is 14.3 Å². The molecule has 2 aromatic rings. The van der Waals surface area contributed by atoms with Gasteiger partial charge in [-0.15, -0.1) is 0 Å². The number of carboxylic acids is 1. The molecule has 4 rings (SSSR count). The summed E-state index contributed by atoms with van der Waals surface area (Å²) in [5.74, 6) is -1.18. The van der Waals surface area contributed by atoms with E-state index in [0.29, 0.717) is 6.42 Å². The SMILES string of the molecule is Cc1c(CC(=O)O)c(-c2ccc(F)cc2)c2c3c1N(C)CCN3C(Cl)C2. The average molecular weight is 375 g/mol. The standard InChI is InChI=1S/C20H20ClFN2O2/c1-11-14(10-17(25)26)18(12-3-5-13(22)6-4-12)15-9-16(21)24-8-7-23(2)19(11)20(15)24/h3-6,16H,7-10H2,1-2H3,(H,25,26). The smallest absolute Gasteiger partial charge is 0.307 e. The third-order valence-electron chi connectivity index (χ3n) is 5.44. The predicted octanol–water partition coefficient (Wildman–Crippen LogP) is 3.81. The third-order valence-corrected chi connectivity index (χ3v) is 5.83. The Morgan fingerprint density at radius 1 is 1.27 bits per heavy atom. The molecule has 1 unspecified atom stereocenters. The number of aliphatic carboxylic acids is 1. The second-order valence-corrected chi connectivity index (χ2v) is 7.49. The summed E-state index contributed by atoms with van der Waals surface area (Å²) < 4.78 is 13.4. The van der Waals surface area contributed by atoms with E-state index in [-0.39, 0.29) is 17.7 Å². The summed E-state index contributed by atoms with van der Waals surface area (Å²) in [6.45, 7) is 3.66. The Morgan fingerprint density at radius 3 is 2.62 bits per heavy atom. The second kappa shape index (κ2) is 6.16. The first-order valence-corrected chi connectivity index (χ1v) is 9.10. The van der Waals surface area contributed by atoms with Crippen molar-refractivity contribution in [1.29, 1.82) is 0 Å². The van der Waals surface area contributed by atoms with Crippen molar-refractivity contribution in [2.24, 2.45) is 0 Å². The van der Waals surface area contributed by atoms with Crippen LogP contribution in [0.15, 0.2) is 24.3 Å². The van der Waals surface area contributed by atoms with E-state index in [2.05, 4.69) is 9.80 Å². The highest BCUT2D eigenvalue weighted by molar-refractivity contribution is 6.23. The molecular weight excluding hydrogens is 355 g/mol. The number of hydrogen-bond donors (Lipinski definition) is 1. The van der Waals surface area contributed by atoms with E-state index in [1.54, 1.807) is 12.1 Å². The Balaban J connectivity index is 2.05. The number of likely N-dealkylation sites (N-methyl/N-ethyl adjacent to an activating group) is 1. The minimum absolute atomic E-state index is 0.0698. The molecule has 1 atom stereocenters. The Labute approximate surface area is 156 Å². The van der Waals surface area contributed by atoms with E-state index in [1.807, 2.05) is 14.0 Å². The summed E-state index contributed by atoms with van der Waals surface area (Å²) in [5, 5.41) is 9.49. The van der Waals surface area contributed by atoms with Crippen LogP contribution in [0.4, 0.5) is 15.8 Å². The zero-order valence-corrected chi connectivity index (χ0v) is 15.5. The van der Waals surface area contributed by atoms with Crippen LogP contribution in [0, 0.1) is 12.7 Å². The first-order valence-electron chi connectivity index (χ1n) is 8.66. The maximum Gasteiger partial charge on any atom is 0.307 e. The lowest BCUT2D eigenvalue weighted by atomic mass is 9.86. The number of benzene rings is 2. The van der Waals surface area contributed by atoms with Gasteiger partial charge in [-0.1, -0.05) is 23.7 Å². The van der Waals surface area contributed by atoms with E-state index in [1.165, 1.54) is 12.1 Å². The van der Waals surface area contributed by atoms with Crippen molar-refractivity contribution in [3.8, 4) is 11.1 Å². The molecule has 0 aromatic heterocycles. The van der Waals surface area contributed by atoms with Crippen molar-refractivity contribution in [2.45, 2.75) is 25.3 Å². The number of anilines is 2. The van der Waals surface area contributed by atoms with E-state index >= 15 is 0 Å². The lowest BCUT2D eigenvalue weighted by molar-refractivity contribution is -0.136. The summed E-state index contributed by atoms with van der Waals surface area (Å²) in [5.41, 5.74) is 6.58. The molecule has 26 heavy (non-hydrogen) atoms. The van der Waals surface area contributed by atoms with Crippen molar-refractivity contribution in [3.05, 3.63) is 46.8 Å². The van der Waals surface area contributed by atoms with Gasteiger partial charge in [-0.25, -0.2) is 4.39 Å². The van der Waals surface area contributed by atoms with Crippen LogP contribution in [-0.4, -0.2) is 36.7 Å². The summed E-state index contributed by atoms with van der Waals surface area (Å²) in [4.78, 5) is 16.0. The fraction of sp³-hybridized carbons (Fsp3) is 0.350. The van der Waals surface area contributed by atoms with Crippen molar-refractivity contribution < 1.29 is 14.3 Å². The van der Waals surface area contributed by atoms with E-state index < -0.39 is 5.97 Å². The van der Waals surface area contributed by atoms with Gasteiger partial charge < -0.3 is 14.9 Å². The molecule has 2 aliphatic heterocycles. The van der Waals surface area contributed by atoms with Gasteiger partial charge in [-0.2, -0.15) is 0 Å². The fourth-order valence-corrected chi connectivity index (χ4v) is 4.65. The highest BCUT2D eigenvalue weighted by Crippen LogP contribution is 2.51. The van der Waals surface area contributed by atoms with Crippen LogP contribution in [0.25, 0.3) is 11.1 Å². The molecule has 0 spiro atoms. The van der Waals surface area contributed by atoms with Crippen LogP contribution >= 0.6 is 11.6 Å². The monoisotopic (exact) mass is 374 g/mol. The van der Waals surface area contributed by atoms with Gasteiger partial charge in [0, 0.05) is 26.6 Å². The maximum atomic E-state index is 13.4. The number of hydrogen-bond acceptors (Lipinski definition) is 3. The largest absolute Gasteiger partial charge is 0.481 e. The fourth-order valence-electron chi connectivity index (χ4n) is 4.30. The van der Waals surface area contributed by atoms with Crippen molar-refractivity contribution in [2.75, 3.05) is 29.9 Å². The van der Waals surface area contributed by atoms with Gasteiger partial charge in [0.15, 0.2) is 0 Å². The summed E-state index contributed by atoms with van der Waals surface area (Å²) >= 11 is 6.62. The molecule has 0 fully saturated rings. The number of alkyl halides is 1. The molecule has 0 radical (unpaired) electrons. The van der Waals surface area contributed by atoms with Crippen LogP contribution < -0.4 is 9.80 Å². The normalized spacial score (nSPS) is 18.2. The van der Waals surface area contributed by atoms with Crippen LogP contribution in [-0.2, 0) is 17.6 Å². The minimum atomic E-state index is -0.876. The van der Waals surface area contributed by atoms with Crippen molar-refractivity contribution in [1.82, 2.24) is 0 Å². The highest BCUT2D eigenvalue weighted by Gasteiger charge is 2.38. The lowest BCUT2D eigenvalue weighted by Crippen LogP contribution is -2.41. The Hall–Kier alpha value is -2.27. The van der Waals surface area contributed by atoms with Crippen LogP contribution in [0.3, 0.4) is 0 Å². The van der Waals surface area contributed by atoms with Gasteiger partial charge in [-0.3, -0.25) is 4.79 Å². The Morgan fingerprint density at radius 2 is 1.96 bits per heavy atom. The summed E-state index contributed by atoms with van der Waals surface area (Å²) in [6.07, 6.45) is 0.580. The Bertz CT molecular complexity index is 898. The van der Waals surface area contributed by atoms with Crippen molar-refractivity contribution >= 4 is 28.9 Å². The molecule has 2 heterocycles. The molecule has 136 valence electrons. The van der Waals surface area contributed by atoms with Crippen LogP contribution in [0.1, 0.15) is 16.7 Å². The quantitative estimate of drug-likeness (QED) is 0.655. The molecule has 0 bridgehead atoms. The zero-order chi connectivity index (χ0) is 18.6. The van der Waals surface area contributed by atoms with Gasteiger partial charge in [0.1, 0.15) is 11.3 Å². The molecule has 4 nitrogen and oxygen atoms in total. The molecule has 1 N–H and O–H groups in total. The van der Waals surface area contributed by atoms with Crippen LogP contribution in [0.2, 0.25) is 0 Å². The van der Waals surface area contributed by atoms with Gasteiger partial charge >= 0.3 is 5.97 Å². The topological polar surface area (TPSA) is 43.8 Å². The third kappa shape index (κ3) is 2.53. The summed E-state index contributed by atoms with van der Waals surface area (Å²) in [6, 6.07) is 6.27. The number of nitrogens with zero attached hydrogens (tertiary/aromatic N) is 2. The Kier molecular flexibility index (Phi) is 4.07. The number of carbonyl (C=O) groups is 1. The van der Waals surface area contributed by atoms with Crippen molar-refractivity contribution in [3.63, 3.8) is 0 Å². The van der Waals surface area contributed by atoms with E-state index in [4.69, 9.17) is 11.6 Å². The van der Waals surface area contributed by atoms with Gasteiger partial charge in [0.25, 0.3) is 0 Å². The molecule has 6 heteroatoms. The molecule has 2 aliphatic rings. The first-order chi connectivity index (χ1) is 12.4. The predicted molar refractivity (Wildman–Crippen MR) is 102 cm³/mol. The average Bonchev–Trinajstić information content (AvgIpc) is 2.91. The number of rotatable bonds is 3. The number of carboxylic acid groups (broad SMARTS) is 1. The van der Waals surface area contributed by atoms with Crippen LogP contribution in [0.5, 0.6) is 0 Å². The van der Waals surface area contributed by atoms with E-state index in [0.717, 1.165) is 52.3 Å². The second-order valence-electron chi connectivity index (χ2n) is 6.99. The van der Waals surface area contributed by atoms with Gasteiger partial charge in [0.05, 0.1) is 17.8 Å². The minimum Gasteiger partial charge on any atom is -0.481 e. The molecule has 0 aliphatic carbocycles. The first kappa shape index (κ1) is 17.2. The van der Waals surface area contributed by atoms with Gasteiger partial charge in [0.2, 0.25) is 0 Å². The van der Waals surface area contributed by atoms with Gasteiger partial charge in [-0.05, 0) is 46.9 Å². The molecule has 0 amide bonds. The zero-order valence-electron chi connectivity index (χ0n) is 14.7.